The maximum atomic E-state index is 13.2. The summed E-state index contributed by atoms with van der Waals surface area (Å²) in [6, 6.07) is 13.6. The van der Waals surface area contributed by atoms with Crippen LogP contribution in [0.4, 0.5) is 10.1 Å². The number of nitrogens with zero attached hydrogens (tertiary/aromatic N) is 3. The van der Waals surface area contributed by atoms with Crippen molar-refractivity contribution in [2.24, 2.45) is 7.05 Å². The average molecular weight is 386 g/mol. The second-order valence-electron chi connectivity index (χ2n) is 5.83. The maximum Gasteiger partial charge on any atom is 0.234 e. The summed E-state index contributed by atoms with van der Waals surface area (Å²) in [5.74, 6) is 1.14. The number of nitrogens with one attached hydrogen (secondary N) is 1. The highest BCUT2D eigenvalue weighted by atomic mass is 32.2. The Bertz CT molecular complexity index is 928. The lowest BCUT2D eigenvalue weighted by molar-refractivity contribution is -0.113. The number of hydrogen-bond acceptors (Lipinski definition) is 5. The average Bonchev–Trinajstić information content (AvgIpc) is 3.00. The van der Waals surface area contributed by atoms with E-state index >= 15 is 0 Å². The molecule has 0 bridgehead atoms. The highest BCUT2D eigenvalue weighted by Crippen LogP contribution is 2.19. The van der Waals surface area contributed by atoms with E-state index in [1.807, 2.05) is 35.9 Å². The monoisotopic (exact) mass is 386 g/mol. The highest BCUT2D eigenvalue weighted by molar-refractivity contribution is 7.99. The number of carbonyl (C=O) groups excluding carboxylic acids is 1. The molecule has 0 saturated carbocycles. The zero-order chi connectivity index (χ0) is 19.2. The summed E-state index contributed by atoms with van der Waals surface area (Å²) < 4.78 is 20.2. The number of anilines is 1. The van der Waals surface area contributed by atoms with E-state index < -0.39 is 5.82 Å². The normalized spacial score (nSPS) is 10.6. The van der Waals surface area contributed by atoms with Crippen molar-refractivity contribution in [1.82, 2.24) is 14.8 Å². The SMILES string of the molecule is COc1ccc(Cc2nnc(SCC(=O)Nc3cccc(F)c3)n2C)cc1. The summed E-state index contributed by atoms with van der Waals surface area (Å²) in [7, 11) is 3.50. The van der Waals surface area contributed by atoms with Gasteiger partial charge in [-0.3, -0.25) is 4.79 Å². The molecule has 0 aliphatic heterocycles. The van der Waals surface area contributed by atoms with Crippen LogP contribution in [0.1, 0.15) is 11.4 Å². The Morgan fingerprint density at radius 1 is 1.22 bits per heavy atom. The van der Waals surface area contributed by atoms with Crippen LogP contribution in [-0.4, -0.2) is 33.5 Å². The van der Waals surface area contributed by atoms with Crippen LogP contribution in [0.25, 0.3) is 0 Å². The summed E-state index contributed by atoms with van der Waals surface area (Å²) in [6.07, 6.45) is 0.629. The summed E-state index contributed by atoms with van der Waals surface area (Å²) in [5.41, 5.74) is 1.52. The number of ether oxygens (including phenoxy) is 1. The lowest BCUT2D eigenvalue weighted by atomic mass is 10.1. The molecule has 0 spiro atoms. The van der Waals surface area contributed by atoms with E-state index in [9.17, 15) is 9.18 Å². The molecule has 0 aliphatic carbocycles. The molecule has 27 heavy (non-hydrogen) atoms. The minimum atomic E-state index is -0.392. The molecule has 1 aromatic heterocycles. The summed E-state index contributed by atoms with van der Waals surface area (Å²) >= 11 is 1.28. The van der Waals surface area contributed by atoms with Gasteiger partial charge in [-0.1, -0.05) is 30.0 Å². The number of benzene rings is 2. The summed E-state index contributed by atoms with van der Waals surface area (Å²) in [5, 5.41) is 11.7. The topological polar surface area (TPSA) is 69.0 Å². The molecule has 1 amide bonds. The Kier molecular flexibility index (Phi) is 6.08. The van der Waals surface area contributed by atoms with E-state index in [1.165, 1.54) is 23.9 Å². The second kappa shape index (κ2) is 8.68. The fraction of sp³-hybridized carbons (Fsp3) is 0.211. The first kappa shape index (κ1) is 18.9. The van der Waals surface area contributed by atoms with Crippen LogP contribution < -0.4 is 10.1 Å². The van der Waals surface area contributed by atoms with E-state index in [0.717, 1.165) is 17.1 Å². The van der Waals surface area contributed by atoms with Crippen molar-refractivity contribution in [2.75, 3.05) is 18.2 Å². The Morgan fingerprint density at radius 2 is 2.00 bits per heavy atom. The zero-order valence-corrected chi connectivity index (χ0v) is 15.8. The minimum Gasteiger partial charge on any atom is -0.497 e. The van der Waals surface area contributed by atoms with Crippen molar-refractivity contribution < 1.29 is 13.9 Å². The molecular formula is C19H19FN4O2S. The number of amides is 1. The number of rotatable bonds is 7. The van der Waals surface area contributed by atoms with Gasteiger partial charge in [0.2, 0.25) is 5.91 Å². The molecule has 0 saturated heterocycles. The fourth-order valence-electron chi connectivity index (χ4n) is 2.44. The van der Waals surface area contributed by atoms with Crippen molar-refractivity contribution in [2.45, 2.75) is 11.6 Å². The molecule has 8 heteroatoms. The largest absolute Gasteiger partial charge is 0.497 e. The smallest absolute Gasteiger partial charge is 0.234 e. The van der Waals surface area contributed by atoms with Gasteiger partial charge in [-0.25, -0.2) is 4.39 Å². The van der Waals surface area contributed by atoms with Crippen LogP contribution >= 0.6 is 11.8 Å². The third-order valence-corrected chi connectivity index (χ3v) is 4.91. The summed E-state index contributed by atoms with van der Waals surface area (Å²) in [4.78, 5) is 12.0. The highest BCUT2D eigenvalue weighted by Gasteiger charge is 2.12. The van der Waals surface area contributed by atoms with Crippen LogP contribution in [0.5, 0.6) is 5.75 Å². The second-order valence-corrected chi connectivity index (χ2v) is 6.77. The standard InChI is InChI=1S/C19H19FN4O2S/c1-24-17(10-13-6-8-16(26-2)9-7-13)22-23-19(24)27-12-18(25)21-15-5-3-4-14(20)11-15/h3-9,11H,10,12H2,1-2H3,(H,21,25). The van der Waals surface area contributed by atoms with Gasteiger partial charge in [-0.05, 0) is 35.9 Å². The number of thioether (sulfide) groups is 1. The molecule has 3 rings (SSSR count). The molecule has 0 aliphatic rings. The Balaban J connectivity index is 1.57. The molecule has 3 aromatic rings. The van der Waals surface area contributed by atoms with E-state index in [0.29, 0.717) is 17.3 Å². The molecule has 0 atom stereocenters. The lowest BCUT2D eigenvalue weighted by Crippen LogP contribution is -2.14. The van der Waals surface area contributed by atoms with Gasteiger partial charge in [0.25, 0.3) is 0 Å². The van der Waals surface area contributed by atoms with E-state index in [1.54, 1.807) is 19.2 Å². The predicted molar refractivity (Wildman–Crippen MR) is 103 cm³/mol. The molecule has 2 aromatic carbocycles. The van der Waals surface area contributed by atoms with Gasteiger partial charge >= 0.3 is 0 Å². The summed E-state index contributed by atoms with van der Waals surface area (Å²) in [6.45, 7) is 0. The quantitative estimate of drug-likeness (QED) is 0.631. The van der Waals surface area contributed by atoms with Crippen molar-refractivity contribution >= 4 is 23.4 Å². The first-order valence-corrected chi connectivity index (χ1v) is 9.23. The van der Waals surface area contributed by atoms with Crippen molar-refractivity contribution in [3.8, 4) is 5.75 Å². The molecule has 140 valence electrons. The van der Waals surface area contributed by atoms with Gasteiger partial charge in [0.15, 0.2) is 5.16 Å². The molecule has 0 fully saturated rings. The Morgan fingerprint density at radius 3 is 2.70 bits per heavy atom. The first-order chi connectivity index (χ1) is 13.0. The van der Waals surface area contributed by atoms with E-state index in [2.05, 4.69) is 15.5 Å². The van der Waals surface area contributed by atoms with Crippen LogP contribution in [0, 0.1) is 5.82 Å². The number of aromatic nitrogens is 3. The van der Waals surface area contributed by atoms with Crippen LogP contribution in [0.2, 0.25) is 0 Å². The lowest BCUT2D eigenvalue weighted by Gasteiger charge is -2.06. The van der Waals surface area contributed by atoms with Crippen LogP contribution in [-0.2, 0) is 18.3 Å². The molecule has 6 nitrogen and oxygen atoms in total. The fourth-order valence-corrected chi connectivity index (χ4v) is 3.17. The first-order valence-electron chi connectivity index (χ1n) is 8.24. The Labute approximate surface area is 160 Å². The zero-order valence-electron chi connectivity index (χ0n) is 15.0. The van der Waals surface area contributed by atoms with Gasteiger partial charge in [0.1, 0.15) is 17.4 Å². The predicted octanol–water partition coefficient (Wildman–Crippen LogP) is 3.28. The van der Waals surface area contributed by atoms with Gasteiger partial charge < -0.3 is 14.6 Å². The molecule has 0 radical (unpaired) electrons. The van der Waals surface area contributed by atoms with Crippen LogP contribution in [0.15, 0.2) is 53.7 Å². The third kappa shape index (κ3) is 5.07. The van der Waals surface area contributed by atoms with Gasteiger partial charge in [0, 0.05) is 19.2 Å². The number of hydrogen-bond donors (Lipinski definition) is 1. The third-order valence-electron chi connectivity index (χ3n) is 3.89. The van der Waals surface area contributed by atoms with E-state index in [-0.39, 0.29) is 11.7 Å². The minimum absolute atomic E-state index is 0.158. The maximum absolute atomic E-state index is 13.2. The molecule has 0 unspecified atom stereocenters. The van der Waals surface area contributed by atoms with Crippen molar-refractivity contribution in [3.63, 3.8) is 0 Å². The van der Waals surface area contributed by atoms with E-state index in [4.69, 9.17) is 4.74 Å². The van der Waals surface area contributed by atoms with Gasteiger partial charge in [0.05, 0.1) is 12.9 Å². The molecule has 1 N–H and O–H groups in total. The Hall–Kier alpha value is -2.87. The van der Waals surface area contributed by atoms with Crippen LogP contribution in [0.3, 0.4) is 0 Å². The van der Waals surface area contributed by atoms with Crippen molar-refractivity contribution in [3.05, 3.63) is 65.7 Å². The molecule has 1 heterocycles. The van der Waals surface area contributed by atoms with Gasteiger partial charge in [-0.2, -0.15) is 0 Å². The number of carbonyl (C=O) groups is 1. The number of methoxy groups -OCH3 is 1. The van der Waals surface area contributed by atoms with Gasteiger partial charge in [-0.15, -0.1) is 10.2 Å². The van der Waals surface area contributed by atoms with Crippen molar-refractivity contribution in [1.29, 1.82) is 0 Å². The molecular weight excluding hydrogens is 367 g/mol. The number of halogens is 1.